The maximum atomic E-state index is 13.6. The first kappa shape index (κ1) is 64.2. The standard InChI is InChI=1S/C45H90N4O9S6/c1-4-7-10-13-16-19-28-47(43(50)25-22-31-53-59)37-40(56-62)34-46(35-41(57-63)38-48(44(51)26-23-32-54-60)29-20-17-14-11-8-5-2)36-42(58-64)39-49(45(52)27-24-33-55-61)30-21-18-15-12-9-6-3/h40-42,59-64H,4-39H2,1-3H3. The van der Waals surface area contributed by atoms with Gasteiger partial charge >= 0.3 is 0 Å². The van der Waals surface area contributed by atoms with Crippen molar-refractivity contribution in [3.8, 4) is 0 Å². The summed E-state index contributed by atoms with van der Waals surface area (Å²) in [4.78, 5) is 48.7. The van der Waals surface area contributed by atoms with Crippen LogP contribution in [-0.2, 0) is 39.5 Å². The van der Waals surface area contributed by atoms with E-state index in [1.54, 1.807) is 0 Å². The van der Waals surface area contributed by atoms with Gasteiger partial charge in [0.25, 0.3) is 0 Å². The SMILES string of the molecule is CCCCCCCCN(CC(CN(CC(CN(CCCCCCCC)C(=O)CCCOS)OS)CC(CN(CCCCCCCC)C(=O)CCCOS)OS)OS)C(=O)CCCOS. The lowest BCUT2D eigenvalue weighted by atomic mass is 10.1. The van der Waals surface area contributed by atoms with Crippen LogP contribution in [0.15, 0.2) is 0 Å². The second-order valence-corrected chi connectivity index (χ2v) is 18.4. The third-order valence-corrected chi connectivity index (χ3v) is 12.8. The van der Waals surface area contributed by atoms with Gasteiger partial charge in [0.1, 0.15) is 18.3 Å². The lowest BCUT2D eigenvalue weighted by Crippen LogP contribution is -2.51. The number of amides is 3. The van der Waals surface area contributed by atoms with Gasteiger partial charge in [-0.05, 0) is 116 Å². The molecule has 0 rings (SSSR count). The van der Waals surface area contributed by atoms with E-state index < -0.39 is 18.3 Å². The summed E-state index contributed by atoms with van der Waals surface area (Å²) in [7, 11) is 0. The van der Waals surface area contributed by atoms with Crippen molar-refractivity contribution < 1.29 is 39.5 Å². The van der Waals surface area contributed by atoms with Crippen LogP contribution in [0, 0.1) is 0 Å². The summed E-state index contributed by atoms with van der Waals surface area (Å²) in [6.07, 6.45) is 21.0. The molecule has 3 amide bonds. The Morgan fingerprint density at radius 1 is 0.359 bits per heavy atom. The average molecular weight is 1020 g/mol. The normalized spacial score (nSPS) is 13.0. The van der Waals surface area contributed by atoms with Gasteiger partial charge in [-0.25, -0.2) is 0 Å². The number of nitrogens with zero attached hydrogens (tertiary/aromatic N) is 4. The van der Waals surface area contributed by atoms with E-state index >= 15 is 0 Å². The monoisotopic (exact) mass is 1020 g/mol. The molecule has 0 aliphatic carbocycles. The predicted molar refractivity (Wildman–Crippen MR) is 280 cm³/mol. The van der Waals surface area contributed by atoms with Crippen LogP contribution < -0.4 is 0 Å². The summed E-state index contributed by atoms with van der Waals surface area (Å²) >= 11 is 24.7. The zero-order valence-corrected chi connectivity index (χ0v) is 45.2. The molecule has 19 heteroatoms. The van der Waals surface area contributed by atoms with Gasteiger partial charge in [-0.3, -0.25) is 19.3 Å². The summed E-state index contributed by atoms with van der Waals surface area (Å²) in [5, 5.41) is 0. The fourth-order valence-corrected chi connectivity index (χ4v) is 8.53. The van der Waals surface area contributed by atoms with Gasteiger partial charge in [0.15, 0.2) is 0 Å². The van der Waals surface area contributed by atoms with Crippen LogP contribution in [0.1, 0.15) is 175 Å². The minimum atomic E-state index is -0.501. The minimum Gasteiger partial charge on any atom is -0.340 e. The Bertz CT molecular complexity index is 972. The van der Waals surface area contributed by atoms with E-state index in [1.807, 2.05) is 14.7 Å². The first-order valence-corrected chi connectivity index (χ1v) is 26.6. The highest BCUT2D eigenvalue weighted by molar-refractivity contribution is 7.75. The van der Waals surface area contributed by atoms with Crippen LogP contribution in [0.4, 0.5) is 0 Å². The molecule has 0 fully saturated rings. The van der Waals surface area contributed by atoms with Crippen molar-refractivity contribution in [1.29, 1.82) is 0 Å². The van der Waals surface area contributed by atoms with Crippen molar-refractivity contribution in [1.82, 2.24) is 19.6 Å². The molecule has 3 unspecified atom stereocenters. The van der Waals surface area contributed by atoms with E-state index in [2.05, 4.69) is 103 Å². The molecule has 0 aliphatic heterocycles. The average Bonchev–Trinajstić information content (AvgIpc) is 3.29. The zero-order valence-electron chi connectivity index (χ0n) is 39.8. The molecule has 0 heterocycles. The van der Waals surface area contributed by atoms with Crippen molar-refractivity contribution in [2.24, 2.45) is 0 Å². The van der Waals surface area contributed by atoms with Crippen molar-refractivity contribution >= 4 is 95.2 Å². The van der Waals surface area contributed by atoms with Crippen molar-refractivity contribution in [3.63, 3.8) is 0 Å². The Labute approximate surface area is 423 Å². The Kier molecular flexibility index (Phi) is 47.1. The van der Waals surface area contributed by atoms with Gasteiger partial charge < -0.3 is 39.8 Å². The van der Waals surface area contributed by atoms with Gasteiger partial charge in [-0.1, -0.05) is 117 Å². The van der Waals surface area contributed by atoms with Gasteiger partial charge in [0.2, 0.25) is 17.7 Å². The highest BCUT2D eigenvalue weighted by Crippen LogP contribution is 2.17. The third-order valence-electron chi connectivity index (χ3n) is 11.4. The second-order valence-electron chi connectivity index (χ2n) is 17.0. The van der Waals surface area contributed by atoms with Crippen molar-refractivity contribution in [2.45, 2.75) is 193 Å². The van der Waals surface area contributed by atoms with Gasteiger partial charge in [0.05, 0.1) is 19.8 Å². The van der Waals surface area contributed by atoms with Crippen molar-refractivity contribution in [2.75, 3.05) is 78.7 Å². The first-order chi connectivity index (χ1) is 31.2. The molecule has 0 aliphatic rings. The van der Waals surface area contributed by atoms with E-state index in [0.29, 0.717) is 117 Å². The van der Waals surface area contributed by atoms with Crippen LogP contribution in [0.5, 0.6) is 0 Å². The highest BCUT2D eigenvalue weighted by atomic mass is 32.1. The van der Waals surface area contributed by atoms with Crippen LogP contribution in [-0.4, -0.2) is 134 Å². The fraction of sp³-hybridized carbons (Fsp3) is 0.933. The van der Waals surface area contributed by atoms with E-state index in [0.717, 1.165) is 57.8 Å². The summed E-state index contributed by atoms with van der Waals surface area (Å²) in [5.74, 6) is 0.0648. The lowest BCUT2D eigenvalue weighted by Gasteiger charge is -2.36. The van der Waals surface area contributed by atoms with Crippen LogP contribution >= 0.6 is 77.5 Å². The minimum absolute atomic E-state index is 0.0216. The molecule has 13 nitrogen and oxygen atoms in total. The molecule has 0 spiro atoms. The molecule has 0 bridgehead atoms. The summed E-state index contributed by atoms with van der Waals surface area (Å²) in [6, 6.07) is 0. The lowest BCUT2D eigenvalue weighted by molar-refractivity contribution is -0.133. The number of rotatable bonds is 48. The van der Waals surface area contributed by atoms with Gasteiger partial charge in [0, 0.05) is 78.2 Å². The van der Waals surface area contributed by atoms with Crippen LogP contribution in [0.2, 0.25) is 0 Å². The molecule has 3 atom stereocenters. The molecule has 0 N–H and O–H groups in total. The predicted octanol–water partition coefficient (Wildman–Crippen LogP) is 10.5. The van der Waals surface area contributed by atoms with E-state index in [-0.39, 0.29) is 17.7 Å². The van der Waals surface area contributed by atoms with E-state index in [9.17, 15) is 14.4 Å². The van der Waals surface area contributed by atoms with Gasteiger partial charge in [-0.15, -0.1) is 0 Å². The Morgan fingerprint density at radius 3 is 0.844 bits per heavy atom. The number of thiol groups is 6. The third kappa shape index (κ3) is 35.4. The summed E-state index contributed by atoms with van der Waals surface area (Å²) < 4.78 is 32.4. The zero-order chi connectivity index (χ0) is 47.5. The topological polar surface area (TPSA) is 120 Å². The second kappa shape index (κ2) is 46.9. The molecule has 0 aromatic rings. The number of carbonyl (C=O) groups is 3. The number of unbranched alkanes of at least 4 members (excludes halogenated alkanes) is 15. The smallest absolute Gasteiger partial charge is 0.222 e. The molecule has 0 saturated heterocycles. The van der Waals surface area contributed by atoms with Crippen LogP contribution in [0.3, 0.4) is 0 Å². The first-order valence-electron chi connectivity index (χ1n) is 24.4. The quantitative estimate of drug-likeness (QED) is 0.0200. The number of hydrogen-bond donors (Lipinski definition) is 6. The molecule has 0 aromatic heterocycles. The van der Waals surface area contributed by atoms with Gasteiger partial charge in [-0.2, -0.15) is 0 Å². The molecule has 0 radical (unpaired) electrons. The highest BCUT2D eigenvalue weighted by Gasteiger charge is 2.29. The Hall–Kier alpha value is 0.230. The van der Waals surface area contributed by atoms with E-state index in [4.69, 9.17) is 25.1 Å². The number of carbonyl (C=O) groups excluding carboxylic acids is 3. The summed E-state index contributed by atoms with van der Waals surface area (Å²) in [5.41, 5.74) is 0. The largest absolute Gasteiger partial charge is 0.340 e. The Morgan fingerprint density at radius 2 is 0.609 bits per heavy atom. The molecular formula is C45H90N4O9S6. The molecule has 0 aromatic carbocycles. The summed E-state index contributed by atoms with van der Waals surface area (Å²) in [6.45, 7) is 11.5. The maximum Gasteiger partial charge on any atom is 0.222 e. The Balaban J connectivity index is 6.60. The van der Waals surface area contributed by atoms with Crippen molar-refractivity contribution in [3.05, 3.63) is 0 Å². The van der Waals surface area contributed by atoms with Crippen LogP contribution in [0.25, 0.3) is 0 Å². The fourth-order valence-electron chi connectivity index (χ4n) is 7.74. The van der Waals surface area contributed by atoms with E-state index in [1.165, 1.54) is 57.8 Å². The molecule has 64 heavy (non-hydrogen) atoms. The molecule has 380 valence electrons. The molecular weight excluding hydrogens is 933 g/mol. The maximum absolute atomic E-state index is 13.6. The number of hydrogen-bond acceptors (Lipinski definition) is 16. The molecule has 0 saturated carbocycles.